The Morgan fingerprint density at radius 2 is 1.83 bits per heavy atom. The fourth-order valence-electron chi connectivity index (χ4n) is 2.63. The van der Waals surface area contributed by atoms with Gasteiger partial charge in [0.25, 0.3) is 5.69 Å². The minimum atomic E-state index is -4.67. The van der Waals surface area contributed by atoms with Gasteiger partial charge in [-0.1, -0.05) is 30.3 Å². The lowest BCUT2D eigenvalue weighted by Crippen LogP contribution is -2.40. The predicted octanol–water partition coefficient (Wildman–Crippen LogP) is 4.43. The highest BCUT2D eigenvalue weighted by Gasteiger charge is 2.33. The molecule has 2 N–H and O–H groups in total. The Labute approximate surface area is 165 Å². The Balaban J connectivity index is 1.91. The summed E-state index contributed by atoms with van der Waals surface area (Å²) in [6, 6.07) is 11.2. The maximum absolute atomic E-state index is 12.7. The summed E-state index contributed by atoms with van der Waals surface area (Å²) in [5, 5.41) is 16.4. The van der Waals surface area contributed by atoms with E-state index < -0.39 is 22.4 Å². The number of nitro benzene ring substituents is 1. The van der Waals surface area contributed by atoms with Gasteiger partial charge in [-0.3, -0.25) is 10.1 Å². The molecule has 2 aromatic rings. The molecule has 0 radical (unpaired) electrons. The van der Waals surface area contributed by atoms with Gasteiger partial charge in [0.1, 0.15) is 5.69 Å². The van der Waals surface area contributed by atoms with Crippen LogP contribution in [0.5, 0.6) is 0 Å². The van der Waals surface area contributed by atoms with Gasteiger partial charge in [0.05, 0.1) is 16.5 Å². The largest absolute Gasteiger partial charge is 0.416 e. The molecule has 0 saturated heterocycles. The number of nitrogens with zero attached hydrogens (tertiary/aromatic N) is 2. The van der Waals surface area contributed by atoms with Gasteiger partial charge in [-0.25, -0.2) is 4.79 Å². The van der Waals surface area contributed by atoms with Crippen LogP contribution in [0.2, 0.25) is 0 Å². The molecule has 7 nitrogen and oxygen atoms in total. The first-order valence-corrected chi connectivity index (χ1v) is 8.76. The minimum absolute atomic E-state index is 0.0525. The first kappa shape index (κ1) is 22.0. The number of amides is 2. The van der Waals surface area contributed by atoms with Crippen molar-refractivity contribution < 1.29 is 22.9 Å². The highest BCUT2D eigenvalue weighted by atomic mass is 19.4. The number of hydrogen-bond donors (Lipinski definition) is 2. The lowest BCUT2D eigenvalue weighted by molar-refractivity contribution is -0.384. The molecule has 2 amide bonds. The van der Waals surface area contributed by atoms with E-state index in [0.717, 1.165) is 17.7 Å². The van der Waals surface area contributed by atoms with Crippen molar-refractivity contribution in [2.75, 3.05) is 25.5 Å². The van der Waals surface area contributed by atoms with Crippen molar-refractivity contribution in [1.82, 2.24) is 10.2 Å². The van der Waals surface area contributed by atoms with E-state index in [4.69, 9.17) is 0 Å². The second-order valence-electron chi connectivity index (χ2n) is 6.34. The molecule has 2 rings (SSSR count). The molecule has 0 fully saturated rings. The van der Waals surface area contributed by atoms with Crippen LogP contribution in [0.4, 0.5) is 29.3 Å². The number of nitro groups is 1. The van der Waals surface area contributed by atoms with Crippen molar-refractivity contribution in [2.45, 2.75) is 19.1 Å². The maximum Gasteiger partial charge on any atom is 0.416 e. The Kier molecular flexibility index (Phi) is 7.03. The molecule has 0 aliphatic carbocycles. The van der Waals surface area contributed by atoms with Crippen molar-refractivity contribution in [3.63, 3.8) is 0 Å². The van der Waals surface area contributed by atoms with Crippen LogP contribution >= 0.6 is 0 Å². The molecule has 29 heavy (non-hydrogen) atoms. The average Bonchev–Trinajstić information content (AvgIpc) is 2.69. The summed E-state index contributed by atoms with van der Waals surface area (Å²) in [6.45, 7) is 2.10. The summed E-state index contributed by atoms with van der Waals surface area (Å²) in [7, 11) is 1.64. The smallest absolute Gasteiger partial charge is 0.378 e. The Hall–Kier alpha value is -3.30. The molecule has 1 atom stereocenters. The van der Waals surface area contributed by atoms with Crippen molar-refractivity contribution in [2.24, 2.45) is 0 Å². The summed E-state index contributed by atoms with van der Waals surface area (Å²) >= 11 is 0. The van der Waals surface area contributed by atoms with E-state index in [1.807, 2.05) is 37.3 Å². The predicted molar refractivity (Wildman–Crippen MR) is 103 cm³/mol. The van der Waals surface area contributed by atoms with Gasteiger partial charge in [-0.05, 0) is 24.6 Å². The zero-order valence-electron chi connectivity index (χ0n) is 15.9. The molecular weight excluding hydrogens is 389 g/mol. The second-order valence-corrected chi connectivity index (χ2v) is 6.34. The first-order chi connectivity index (χ1) is 13.6. The molecule has 0 unspecified atom stereocenters. The molecule has 10 heteroatoms. The van der Waals surface area contributed by atoms with Gasteiger partial charge in [0.15, 0.2) is 0 Å². The lowest BCUT2D eigenvalue weighted by Gasteiger charge is -2.25. The molecule has 0 saturated carbocycles. The normalized spacial score (nSPS) is 12.2. The van der Waals surface area contributed by atoms with Gasteiger partial charge in [-0.2, -0.15) is 13.2 Å². The Bertz CT molecular complexity index is 860. The van der Waals surface area contributed by atoms with E-state index in [1.165, 1.54) is 4.90 Å². The van der Waals surface area contributed by atoms with E-state index in [0.29, 0.717) is 6.07 Å². The van der Waals surface area contributed by atoms with Crippen LogP contribution in [0.1, 0.15) is 24.1 Å². The number of anilines is 1. The van der Waals surface area contributed by atoms with Crippen LogP contribution in [0, 0.1) is 10.1 Å². The first-order valence-electron chi connectivity index (χ1n) is 8.76. The van der Waals surface area contributed by atoms with E-state index in [9.17, 15) is 28.1 Å². The molecule has 2 aromatic carbocycles. The van der Waals surface area contributed by atoms with Crippen LogP contribution in [-0.2, 0) is 6.18 Å². The zero-order valence-corrected chi connectivity index (χ0v) is 15.9. The molecule has 156 valence electrons. The van der Waals surface area contributed by atoms with Crippen molar-refractivity contribution in [3.05, 3.63) is 69.8 Å². The number of halogens is 3. The van der Waals surface area contributed by atoms with Gasteiger partial charge < -0.3 is 15.5 Å². The summed E-state index contributed by atoms with van der Waals surface area (Å²) in [5.41, 5.74) is -0.868. The summed E-state index contributed by atoms with van der Waals surface area (Å²) < 4.78 is 38.2. The molecule has 0 heterocycles. The Morgan fingerprint density at radius 3 is 2.41 bits per heavy atom. The average molecular weight is 410 g/mol. The van der Waals surface area contributed by atoms with E-state index in [2.05, 4.69) is 10.6 Å². The van der Waals surface area contributed by atoms with Crippen LogP contribution in [-0.4, -0.2) is 36.0 Å². The van der Waals surface area contributed by atoms with Crippen LogP contribution in [0.15, 0.2) is 48.5 Å². The highest BCUT2D eigenvalue weighted by molar-refractivity contribution is 5.74. The molecule has 0 aromatic heterocycles. The Morgan fingerprint density at radius 1 is 1.17 bits per heavy atom. The summed E-state index contributed by atoms with van der Waals surface area (Å²) in [5.74, 6) is 0. The highest BCUT2D eigenvalue weighted by Crippen LogP contribution is 2.34. The van der Waals surface area contributed by atoms with Gasteiger partial charge in [0, 0.05) is 26.2 Å². The standard InChI is InChI=1S/C19H21F3N4O3/c1-13(14-6-4-3-5-7-14)25(2)18(27)24-11-10-23-16-9-8-15(19(20,21)22)12-17(16)26(28)29/h3-9,12-13,23H,10-11H2,1-2H3,(H,24,27)/t13-/m1/s1. The van der Waals surface area contributed by atoms with Crippen LogP contribution in [0.25, 0.3) is 0 Å². The lowest BCUT2D eigenvalue weighted by atomic mass is 10.1. The fourth-order valence-corrected chi connectivity index (χ4v) is 2.63. The number of rotatable bonds is 7. The molecule has 0 bridgehead atoms. The van der Waals surface area contributed by atoms with E-state index in [-0.39, 0.29) is 30.8 Å². The second kappa shape index (κ2) is 9.26. The minimum Gasteiger partial charge on any atom is -0.378 e. The number of carbonyl (C=O) groups is 1. The number of benzene rings is 2. The van der Waals surface area contributed by atoms with E-state index in [1.54, 1.807) is 7.05 Å². The molecule has 0 aliphatic heterocycles. The van der Waals surface area contributed by atoms with Crippen LogP contribution in [0.3, 0.4) is 0 Å². The number of hydrogen-bond acceptors (Lipinski definition) is 4. The number of carbonyl (C=O) groups excluding carboxylic acids is 1. The number of nitrogens with one attached hydrogen (secondary N) is 2. The third-order valence-corrected chi connectivity index (χ3v) is 4.42. The quantitative estimate of drug-likeness (QED) is 0.402. The molecule has 0 aliphatic rings. The van der Waals surface area contributed by atoms with Crippen molar-refractivity contribution in [3.8, 4) is 0 Å². The molecular formula is C19H21F3N4O3. The summed E-state index contributed by atoms with van der Waals surface area (Å²) in [6.07, 6.45) is -4.67. The van der Waals surface area contributed by atoms with Gasteiger partial charge in [-0.15, -0.1) is 0 Å². The van der Waals surface area contributed by atoms with Crippen molar-refractivity contribution in [1.29, 1.82) is 0 Å². The van der Waals surface area contributed by atoms with E-state index >= 15 is 0 Å². The monoisotopic (exact) mass is 410 g/mol. The van der Waals surface area contributed by atoms with Crippen molar-refractivity contribution >= 4 is 17.4 Å². The zero-order chi connectivity index (χ0) is 21.6. The topological polar surface area (TPSA) is 87.5 Å². The molecule has 0 spiro atoms. The fraction of sp³-hybridized carbons (Fsp3) is 0.316. The SMILES string of the molecule is C[C@H](c1ccccc1)N(C)C(=O)NCCNc1ccc(C(F)(F)F)cc1[N+](=O)[O-]. The third kappa shape index (κ3) is 5.84. The van der Waals surface area contributed by atoms with Gasteiger partial charge in [0.2, 0.25) is 0 Å². The van der Waals surface area contributed by atoms with Crippen LogP contribution < -0.4 is 10.6 Å². The third-order valence-electron chi connectivity index (χ3n) is 4.42. The van der Waals surface area contributed by atoms with Gasteiger partial charge >= 0.3 is 12.2 Å². The number of urea groups is 1. The number of alkyl halides is 3. The summed E-state index contributed by atoms with van der Waals surface area (Å²) in [4.78, 5) is 23.9. The maximum atomic E-state index is 12.7.